The molecule has 0 radical (unpaired) electrons. The summed E-state index contributed by atoms with van der Waals surface area (Å²) in [6.45, 7) is 6.07. The maximum absolute atomic E-state index is 15.3. The largest absolute Gasteiger partial charge is 0.347 e. The predicted octanol–water partition coefficient (Wildman–Crippen LogP) is 6.64. The molecule has 0 N–H and O–H groups in total. The maximum atomic E-state index is 15.3. The number of halogens is 1. The molecule has 3 heterocycles. The van der Waals surface area contributed by atoms with Gasteiger partial charge in [-0.15, -0.1) is 0 Å². The van der Waals surface area contributed by atoms with Gasteiger partial charge in [0.1, 0.15) is 5.82 Å². The second kappa shape index (κ2) is 7.45. The highest BCUT2D eigenvalue weighted by Gasteiger charge is 2.83. The van der Waals surface area contributed by atoms with Crippen LogP contribution < -0.4 is 0 Å². The van der Waals surface area contributed by atoms with E-state index in [9.17, 15) is 0 Å². The van der Waals surface area contributed by atoms with E-state index in [1.54, 1.807) is 6.07 Å². The lowest BCUT2D eigenvalue weighted by molar-refractivity contribution is -0.239. The zero-order chi connectivity index (χ0) is 25.8. The molecule has 1 saturated heterocycles. The number of ether oxygens (including phenoxy) is 2. The van der Waals surface area contributed by atoms with Crippen molar-refractivity contribution in [2.24, 2.45) is 10.8 Å². The lowest BCUT2D eigenvalue weighted by atomic mass is 9.54. The molecule has 1 aliphatic heterocycles. The number of hydrogen-bond donors (Lipinski definition) is 0. The molecule has 0 bridgehead atoms. The van der Waals surface area contributed by atoms with Crippen LogP contribution in [-0.2, 0) is 21.3 Å². The number of pyridine rings is 1. The van der Waals surface area contributed by atoms with Gasteiger partial charge in [-0.3, -0.25) is 4.98 Å². The van der Waals surface area contributed by atoms with Crippen LogP contribution in [0.15, 0.2) is 60.8 Å². The first-order valence-corrected chi connectivity index (χ1v) is 13.7. The van der Waals surface area contributed by atoms with E-state index in [1.165, 1.54) is 6.07 Å². The third-order valence-electron chi connectivity index (χ3n) is 10.5. The third-order valence-corrected chi connectivity index (χ3v) is 10.5. The van der Waals surface area contributed by atoms with Gasteiger partial charge in [-0.05, 0) is 55.4 Å². The average Bonchev–Trinajstić information content (AvgIpc) is 3.32. The van der Waals surface area contributed by atoms with Crippen LogP contribution in [0.2, 0.25) is 0 Å². The summed E-state index contributed by atoms with van der Waals surface area (Å²) in [5.41, 5.74) is 5.03. The van der Waals surface area contributed by atoms with Gasteiger partial charge in [-0.2, -0.15) is 0 Å². The predicted molar refractivity (Wildman–Crippen MR) is 143 cm³/mol. The zero-order valence-electron chi connectivity index (χ0n) is 21.8. The Morgan fingerprint density at radius 3 is 2.47 bits per heavy atom. The van der Waals surface area contributed by atoms with Crippen LogP contribution in [0.25, 0.3) is 33.5 Å². The summed E-state index contributed by atoms with van der Waals surface area (Å²) in [6.07, 6.45) is 6.45. The van der Waals surface area contributed by atoms with Gasteiger partial charge in [0.2, 0.25) is 0 Å². The minimum Gasteiger partial charge on any atom is -0.347 e. The van der Waals surface area contributed by atoms with Crippen molar-refractivity contribution in [1.82, 2.24) is 15.0 Å². The van der Waals surface area contributed by atoms with E-state index in [1.807, 2.05) is 42.6 Å². The Morgan fingerprint density at radius 1 is 0.842 bits per heavy atom. The Kier molecular flexibility index (Phi) is 4.46. The van der Waals surface area contributed by atoms with Crippen LogP contribution in [0.1, 0.15) is 50.8 Å². The van der Waals surface area contributed by atoms with Crippen molar-refractivity contribution < 1.29 is 13.9 Å². The van der Waals surface area contributed by atoms with Gasteiger partial charge in [0, 0.05) is 45.5 Å². The first-order valence-electron chi connectivity index (χ1n) is 13.7. The van der Waals surface area contributed by atoms with Gasteiger partial charge in [0.05, 0.1) is 30.1 Å². The summed E-state index contributed by atoms with van der Waals surface area (Å²) in [5, 5.41) is 0.997. The topological polar surface area (TPSA) is 57.1 Å². The molecule has 192 valence electrons. The van der Waals surface area contributed by atoms with Crippen LogP contribution in [0, 0.1) is 16.6 Å². The van der Waals surface area contributed by atoms with Crippen molar-refractivity contribution >= 4 is 10.9 Å². The fraction of sp³-hybridized carbons (Fsp3) is 0.406. The zero-order valence-corrected chi connectivity index (χ0v) is 21.8. The highest BCUT2D eigenvalue weighted by molar-refractivity contribution is 5.92. The lowest BCUT2D eigenvalue weighted by Gasteiger charge is -2.54. The molecule has 2 aromatic heterocycles. The van der Waals surface area contributed by atoms with Gasteiger partial charge in [-0.25, -0.2) is 14.4 Å². The summed E-state index contributed by atoms with van der Waals surface area (Å²) in [5.74, 6) is -0.110. The molecule has 2 saturated carbocycles. The second-order valence-electron chi connectivity index (χ2n) is 12.0. The summed E-state index contributed by atoms with van der Waals surface area (Å²) in [6, 6.07) is 17.0. The van der Waals surface area contributed by atoms with E-state index < -0.39 is 5.79 Å². The van der Waals surface area contributed by atoms with E-state index in [0.717, 1.165) is 65.5 Å². The summed E-state index contributed by atoms with van der Waals surface area (Å²) in [4.78, 5) is 15.0. The normalized spacial score (nSPS) is 30.6. The van der Waals surface area contributed by atoms with Crippen molar-refractivity contribution in [2.75, 3.05) is 13.2 Å². The van der Waals surface area contributed by atoms with E-state index >= 15 is 4.39 Å². The maximum Gasteiger partial charge on any atom is 0.174 e. The first-order chi connectivity index (χ1) is 18.4. The third kappa shape index (κ3) is 2.65. The lowest BCUT2D eigenvalue weighted by Crippen LogP contribution is -2.55. The molecular formula is C32H30FN3O2. The van der Waals surface area contributed by atoms with Crippen molar-refractivity contribution in [1.29, 1.82) is 0 Å². The molecule has 8 rings (SSSR count). The molecule has 1 unspecified atom stereocenters. The van der Waals surface area contributed by atoms with Crippen molar-refractivity contribution in [3.8, 4) is 22.6 Å². The monoisotopic (exact) mass is 507 g/mol. The molecular weight excluding hydrogens is 477 g/mol. The van der Waals surface area contributed by atoms with Gasteiger partial charge in [0.15, 0.2) is 11.6 Å². The Bertz CT molecular complexity index is 1630. The number of para-hydroxylation sites is 1. The number of rotatable bonds is 2. The molecule has 4 aromatic rings. The van der Waals surface area contributed by atoms with Crippen LogP contribution in [0.3, 0.4) is 0 Å². The SMILES string of the molecule is CC12C[C@]13CCc1c(-c4ccccc4F)nc(-c4ccnc5ccccc45)nc1[C@]3(C)CCC21OCCO1. The van der Waals surface area contributed by atoms with Crippen molar-refractivity contribution in [3.63, 3.8) is 0 Å². The molecule has 3 atom stereocenters. The van der Waals surface area contributed by atoms with E-state index in [2.05, 4.69) is 24.9 Å². The molecule has 3 aliphatic carbocycles. The number of fused-ring (bicyclic) bond motifs is 4. The fourth-order valence-electron chi connectivity index (χ4n) is 8.50. The smallest absolute Gasteiger partial charge is 0.174 e. The second-order valence-corrected chi connectivity index (χ2v) is 12.0. The molecule has 4 aliphatic rings. The summed E-state index contributed by atoms with van der Waals surface area (Å²) >= 11 is 0. The Labute approximate surface area is 221 Å². The highest BCUT2D eigenvalue weighted by Crippen LogP contribution is 2.84. The molecule has 38 heavy (non-hydrogen) atoms. The molecule has 5 nitrogen and oxygen atoms in total. The highest BCUT2D eigenvalue weighted by atomic mass is 19.1. The van der Waals surface area contributed by atoms with E-state index in [-0.39, 0.29) is 22.1 Å². The van der Waals surface area contributed by atoms with Gasteiger partial charge < -0.3 is 9.47 Å². The van der Waals surface area contributed by atoms with Crippen LogP contribution in [0.4, 0.5) is 4.39 Å². The van der Waals surface area contributed by atoms with Gasteiger partial charge in [0.25, 0.3) is 0 Å². The Morgan fingerprint density at radius 2 is 1.63 bits per heavy atom. The van der Waals surface area contributed by atoms with Crippen molar-refractivity contribution in [2.45, 2.75) is 57.2 Å². The standard InChI is InChI=1S/C32H30FN3O2/c1-29-14-15-32(37-17-18-38-32)30(2)19-31(29,30)13-11-23-26(22-8-3-5-9-24(22)33)35-28(36-27(23)29)21-12-16-34-25-10-6-4-7-20(21)25/h3-10,12,16H,11,13-15,17-19H2,1-2H3/t29-,30?,31-/m0/s1. The van der Waals surface area contributed by atoms with E-state index in [0.29, 0.717) is 24.6 Å². The number of benzene rings is 2. The minimum atomic E-state index is -0.491. The van der Waals surface area contributed by atoms with Crippen LogP contribution in [0.5, 0.6) is 0 Å². The van der Waals surface area contributed by atoms with Gasteiger partial charge >= 0.3 is 0 Å². The summed E-state index contributed by atoms with van der Waals surface area (Å²) in [7, 11) is 0. The van der Waals surface area contributed by atoms with Crippen LogP contribution in [-0.4, -0.2) is 34.0 Å². The average molecular weight is 508 g/mol. The molecule has 3 fully saturated rings. The molecule has 0 amide bonds. The molecule has 6 heteroatoms. The van der Waals surface area contributed by atoms with Crippen molar-refractivity contribution in [3.05, 3.63) is 77.9 Å². The number of nitrogens with zero attached hydrogens (tertiary/aromatic N) is 3. The number of aromatic nitrogens is 3. The van der Waals surface area contributed by atoms with E-state index in [4.69, 9.17) is 19.4 Å². The fourth-order valence-corrected chi connectivity index (χ4v) is 8.50. The first kappa shape index (κ1) is 22.7. The minimum absolute atomic E-state index is 0.0357. The van der Waals surface area contributed by atoms with Crippen LogP contribution >= 0.6 is 0 Å². The van der Waals surface area contributed by atoms with Gasteiger partial charge in [-0.1, -0.05) is 44.2 Å². The number of hydrogen-bond acceptors (Lipinski definition) is 5. The quantitative estimate of drug-likeness (QED) is 0.305. The molecule has 2 aromatic carbocycles. The Balaban J connectivity index is 1.38. The summed E-state index contributed by atoms with van der Waals surface area (Å²) < 4.78 is 28.0. The molecule has 2 spiro atoms. The Hall–Kier alpha value is -3.22.